The maximum absolute atomic E-state index is 13.3. The summed E-state index contributed by atoms with van der Waals surface area (Å²) in [4.78, 5) is 19.9. The summed E-state index contributed by atoms with van der Waals surface area (Å²) in [5, 5.41) is 2.74. The molecule has 0 spiro atoms. The van der Waals surface area contributed by atoms with Gasteiger partial charge < -0.3 is 4.90 Å². The van der Waals surface area contributed by atoms with Crippen molar-refractivity contribution in [3.8, 4) is 0 Å². The number of piperazine rings is 1. The van der Waals surface area contributed by atoms with Gasteiger partial charge in [0.15, 0.2) is 0 Å². The van der Waals surface area contributed by atoms with Crippen LogP contribution in [0, 0.1) is 6.92 Å². The molecule has 0 radical (unpaired) electrons. The number of sulfonamides is 1. The van der Waals surface area contributed by atoms with Crippen LogP contribution in [0.25, 0.3) is 10.9 Å². The van der Waals surface area contributed by atoms with Crippen LogP contribution in [-0.4, -0.2) is 54.7 Å². The first-order valence-electron chi connectivity index (χ1n) is 9.63. The number of fused-ring (bicyclic) bond motifs is 1. The summed E-state index contributed by atoms with van der Waals surface area (Å²) in [5.74, 6) is -0.00352. The van der Waals surface area contributed by atoms with Crippen molar-refractivity contribution in [2.45, 2.75) is 25.2 Å². The van der Waals surface area contributed by atoms with E-state index >= 15 is 0 Å². The van der Waals surface area contributed by atoms with Crippen LogP contribution < -0.4 is 0 Å². The Bertz CT molecular complexity index is 1160. The Balaban J connectivity index is 1.55. The van der Waals surface area contributed by atoms with Gasteiger partial charge in [-0.2, -0.15) is 4.31 Å². The molecule has 1 fully saturated rings. The molecule has 0 bridgehead atoms. The molecule has 0 aliphatic carbocycles. The Labute approximate surface area is 174 Å². The molecule has 2 aromatic heterocycles. The van der Waals surface area contributed by atoms with Crippen molar-refractivity contribution >= 4 is 38.2 Å². The molecule has 1 aliphatic rings. The van der Waals surface area contributed by atoms with E-state index in [1.807, 2.05) is 37.4 Å². The molecular weight excluding hydrogens is 406 g/mol. The molecule has 8 heteroatoms. The Morgan fingerprint density at radius 3 is 2.66 bits per heavy atom. The molecule has 3 heterocycles. The molecule has 1 amide bonds. The van der Waals surface area contributed by atoms with E-state index in [0.29, 0.717) is 18.6 Å². The average molecular weight is 430 g/mol. The smallest absolute Gasteiger partial charge is 0.264 e. The molecule has 4 rings (SSSR count). The number of aryl methyl sites for hydroxylation is 2. The zero-order valence-electron chi connectivity index (χ0n) is 16.5. The average Bonchev–Trinajstić information content (AvgIpc) is 3.21. The molecule has 1 saturated heterocycles. The molecule has 1 aliphatic heterocycles. The molecule has 29 heavy (non-hydrogen) atoms. The van der Waals surface area contributed by atoms with Crippen molar-refractivity contribution in [1.82, 2.24) is 14.2 Å². The van der Waals surface area contributed by atoms with E-state index in [1.165, 1.54) is 15.6 Å². The number of pyridine rings is 1. The molecule has 0 saturated carbocycles. The summed E-state index contributed by atoms with van der Waals surface area (Å²) < 4.78 is 28.0. The number of hydrogen-bond acceptors (Lipinski definition) is 5. The van der Waals surface area contributed by atoms with Gasteiger partial charge in [-0.25, -0.2) is 8.42 Å². The lowest BCUT2D eigenvalue weighted by Crippen LogP contribution is -2.50. The van der Waals surface area contributed by atoms with Gasteiger partial charge in [0, 0.05) is 37.8 Å². The monoisotopic (exact) mass is 429 g/mol. The third-order valence-corrected chi connectivity index (χ3v) is 8.15. The standard InChI is InChI=1S/C21H23N3O3S2/c1-3-16-7-12-28-20(16)21(25)23-8-10-24(11-9-23)29(26,27)18-6-4-5-17-13-15(2)14-22-19(17)18/h4-7,12-14H,3,8-11H2,1-2H3. The third-order valence-electron chi connectivity index (χ3n) is 5.28. The van der Waals surface area contributed by atoms with Gasteiger partial charge in [0.05, 0.1) is 10.4 Å². The fourth-order valence-electron chi connectivity index (χ4n) is 3.67. The minimum atomic E-state index is -3.68. The zero-order chi connectivity index (χ0) is 20.6. The largest absolute Gasteiger partial charge is 0.335 e. The van der Waals surface area contributed by atoms with Crippen molar-refractivity contribution in [2.24, 2.45) is 0 Å². The molecular formula is C21H23N3O3S2. The van der Waals surface area contributed by atoms with Crippen LogP contribution in [0.5, 0.6) is 0 Å². The number of amides is 1. The number of carbonyl (C=O) groups is 1. The molecule has 1 aromatic carbocycles. The molecule has 0 N–H and O–H groups in total. The van der Waals surface area contributed by atoms with E-state index < -0.39 is 10.0 Å². The third kappa shape index (κ3) is 3.68. The van der Waals surface area contributed by atoms with E-state index in [-0.39, 0.29) is 23.9 Å². The van der Waals surface area contributed by atoms with Gasteiger partial charge in [0.2, 0.25) is 10.0 Å². The van der Waals surface area contributed by atoms with Crippen LogP contribution in [0.15, 0.2) is 46.8 Å². The van der Waals surface area contributed by atoms with Crippen molar-refractivity contribution in [2.75, 3.05) is 26.2 Å². The number of nitrogens with zero attached hydrogens (tertiary/aromatic N) is 3. The lowest BCUT2D eigenvalue weighted by molar-refractivity contribution is 0.0702. The fraction of sp³-hybridized carbons (Fsp3) is 0.333. The lowest BCUT2D eigenvalue weighted by Gasteiger charge is -2.34. The van der Waals surface area contributed by atoms with Crippen molar-refractivity contribution in [1.29, 1.82) is 0 Å². The van der Waals surface area contributed by atoms with E-state index in [2.05, 4.69) is 4.98 Å². The highest BCUT2D eigenvalue weighted by Gasteiger charge is 2.32. The number of rotatable bonds is 4. The predicted octanol–water partition coefficient (Wildman–Crippen LogP) is 3.31. The van der Waals surface area contributed by atoms with Crippen LogP contribution in [-0.2, 0) is 16.4 Å². The minimum Gasteiger partial charge on any atom is -0.335 e. The summed E-state index contributed by atoms with van der Waals surface area (Å²) in [6.45, 7) is 5.30. The van der Waals surface area contributed by atoms with Crippen LogP contribution in [0.3, 0.4) is 0 Å². The predicted molar refractivity (Wildman–Crippen MR) is 115 cm³/mol. The van der Waals surface area contributed by atoms with Crippen LogP contribution in [0.2, 0.25) is 0 Å². The summed E-state index contributed by atoms with van der Waals surface area (Å²) in [7, 11) is -3.68. The highest BCUT2D eigenvalue weighted by molar-refractivity contribution is 7.89. The number of para-hydroxylation sites is 1. The van der Waals surface area contributed by atoms with E-state index in [4.69, 9.17) is 0 Å². The van der Waals surface area contributed by atoms with Gasteiger partial charge in [-0.3, -0.25) is 9.78 Å². The second-order valence-electron chi connectivity index (χ2n) is 7.17. The maximum Gasteiger partial charge on any atom is 0.264 e. The normalized spacial score (nSPS) is 15.7. The fourth-order valence-corrected chi connectivity index (χ4v) is 6.22. The highest BCUT2D eigenvalue weighted by Crippen LogP contribution is 2.26. The maximum atomic E-state index is 13.3. The summed E-state index contributed by atoms with van der Waals surface area (Å²) in [6.07, 6.45) is 2.50. The highest BCUT2D eigenvalue weighted by atomic mass is 32.2. The van der Waals surface area contributed by atoms with Gasteiger partial charge in [-0.1, -0.05) is 19.1 Å². The Morgan fingerprint density at radius 1 is 1.17 bits per heavy atom. The Morgan fingerprint density at radius 2 is 1.93 bits per heavy atom. The number of benzene rings is 1. The summed E-state index contributed by atoms with van der Waals surface area (Å²) >= 11 is 1.45. The Hall–Kier alpha value is -2.29. The Kier molecular flexibility index (Phi) is 5.42. The van der Waals surface area contributed by atoms with E-state index in [0.717, 1.165) is 27.8 Å². The minimum absolute atomic E-state index is 0.00352. The first-order chi connectivity index (χ1) is 13.9. The number of hydrogen-bond donors (Lipinski definition) is 0. The molecule has 152 valence electrons. The summed E-state index contributed by atoms with van der Waals surface area (Å²) in [5.41, 5.74) is 2.52. The van der Waals surface area contributed by atoms with E-state index in [9.17, 15) is 13.2 Å². The number of aromatic nitrogens is 1. The topological polar surface area (TPSA) is 70.6 Å². The summed E-state index contributed by atoms with van der Waals surface area (Å²) in [6, 6.07) is 9.14. The van der Waals surface area contributed by atoms with Crippen LogP contribution in [0.1, 0.15) is 27.7 Å². The van der Waals surface area contributed by atoms with Crippen molar-refractivity contribution < 1.29 is 13.2 Å². The first-order valence-corrected chi connectivity index (χ1v) is 11.9. The van der Waals surface area contributed by atoms with Gasteiger partial charge in [0.1, 0.15) is 4.90 Å². The molecule has 0 unspecified atom stereocenters. The van der Waals surface area contributed by atoms with Gasteiger partial charge in [0.25, 0.3) is 5.91 Å². The number of carbonyl (C=O) groups excluding carboxylic acids is 1. The van der Waals surface area contributed by atoms with Gasteiger partial charge in [-0.05, 0) is 48.1 Å². The molecule has 0 atom stereocenters. The SMILES string of the molecule is CCc1ccsc1C(=O)N1CCN(S(=O)(=O)c2cccc3cc(C)cnc23)CC1. The zero-order valence-corrected chi connectivity index (χ0v) is 18.1. The van der Waals surface area contributed by atoms with Crippen LogP contribution >= 0.6 is 11.3 Å². The quantitative estimate of drug-likeness (QED) is 0.638. The van der Waals surface area contributed by atoms with Gasteiger partial charge in [-0.15, -0.1) is 11.3 Å². The van der Waals surface area contributed by atoms with Crippen molar-refractivity contribution in [3.63, 3.8) is 0 Å². The van der Waals surface area contributed by atoms with Crippen LogP contribution in [0.4, 0.5) is 0 Å². The first kappa shape index (κ1) is 20.0. The number of thiophene rings is 1. The second kappa shape index (κ2) is 7.85. The van der Waals surface area contributed by atoms with Gasteiger partial charge >= 0.3 is 0 Å². The van der Waals surface area contributed by atoms with Crippen molar-refractivity contribution in [3.05, 3.63) is 57.9 Å². The second-order valence-corrected chi connectivity index (χ2v) is 9.99. The molecule has 6 nitrogen and oxygen atoms in total. The lowest BCUT2D eigenvalue weighted by atomic mass is 10.2. The molecule has 3 aromatic rings. The van der Waals surface area contributed by atoms with E-state index in [1.54, 1.807) is 23.2 Å².